The van der Waals surface area contributed by atoms with Crippen molar-refractivity contribution in [3.05, 3.63) is 51.7 Å². The molecular formula is C17H20N2O3S. The maximum atomic E-state index is 11.9. The molecule has 1 atom stereocenters. The van der Waals surface area contributed by atoms with Crippen LogP contribution < -0.4 is 10.6 Å². The summed E-state index contributed by atoms with van der Waals surface area (Å²) in [6.07, 6.45) is 0. The Labute approximate surface area is 139 Å². The zero-order chi connectivity index (χ0) is 17.0. The van der Waals surface area contributed by atoms with E-state index in [2.05, 4.69) is 10.6 Å². The highest BCUT2D eigenvalue weighted by atomic mass is 32.1. The molecule has 0 spiro atoms. The third-order valence-electron chi connectivity index (χ3n) is 3.62. The van der Waals surface area contributed by atoms with Crippen LogP contribution in [0.3, 0.4) is 0 Å². The molecule has 2 rings (SSSR count). The van der Waals surface area contributed by atoms with Gasteiger partial charge in [-0.3, -0.25) is 9.59 Å². The van der Waals surface area contributed by atoms with Gasteiger partial charge in [0.1, 0.15) is 5.60 Å². The lowest BCUT2D eigenvalue weighted by molar-refractivity contribution is -0.136. The lowest BCUT2D eigenvalue weighted by Gasteiger charge is -2.22. The van der Waals surface area contributed by atoms with Crippen LogP contribution >= 0.6 is 11.3 Å². The van der Waals surface area contributed by atoms with Crippen LogP contribution in [0.2, 0.25) is 0 Å². The molecule has 0 aliphatic heterocycles. The third-order valence-corrected chi connectivity index (χ3v) is 4.74. The highest BCUT2D eigenvalue weighted by Gasteiger charge is 2.26. The van der Waals surface area contributed by atoms with E-state index in [4.69, 9.17) is 0 Å². The summed E-state index contributed by atoms with van der Waals surface area (Å²) in [7, 11) is 0. The second kappa shape index (κ2) is 6.93. The third kappa shape index (κ3) is 4.40. The number of thiophene rings is 1. The minimum Gasteiger partial charge on any atom is -0.383 e. The number of nitrogens with one attached hydrogen (secondary N) is 2. The molecule has 3 N–H and O–H groups in total. The van der Waals surface area contributed by atoms with E-state index in [-0.39, 0.29) is 6.54 Å². The van der Waals surface area contributed by atoms with Crippen molar-refractivity contribution in [2.75, 3.05) is 11.9 Å². The first-order chi connectivity index (χ1) is 10.8. The van der Waals surface area contributed by atoms with Crippen molar-refractivity contribution in [2.24, 2.45) is 0 Å². The number of aliphatic hydroxyl groups is 1. The van der Waals surface area contributed by atoms with Crippen molar-refractivity contribution in [1.82, 2.24) is 5.32 Å². The Morgan fingerprint density at radius 3 is 2.52 bits per heavy atom. The quantitative estimate of drug-likeness (QED) is 0.752. The second-order valence-electron chi connectivity index (χ2n) is 5.69. The van der Waals surface area contributed by atoms with Gasteiger partial charge in [0.2, 0.25) is 0 Å². The molecule has 0 bridgehead atoms. The topological polar surface area (TPSA) is 78.4 Å². The Morgan fingerprint density at radius 1 is 1.17 bits per heavy atom. The number of aryl methyl sites for hydroxylation is 2. The van der Waals surface area contributed by atoms with Gasteiger partial charge in [0.15, 0.2) is 0 Å². The van der Waals surface area contributed by atoms with Crippen molar-refractivity contribution >= 4 is 28.8 Å². The maximum Gasteiger partial charge on any atom is 0.313 e. The van der Waals surface area contributed by atoms with Crippen LogP contribution in [0.1, 0.15) is 22.9 Å². The Hall–Kier alpha value is -2.18. The minimum absolute atomic E-state index is 0.0350. The van der Waals surface area contributed by atoms with Crippen LogP contribution in [0.25, 0.3) is 0 Å². The van der Waals surface area contributed by atoms with E-state index < -0.39 is 17.4 Å². The summed E-state index contributed by atoms with van der Waals surface area (Å²) in [5, 5.41) is 17.2. The molecule has 23 heavy (non-hydrogen) atoms. The molecule has 2 amide bonds. The fourth-order valence-electron chi connectivity index (χ4n) is 2.01. The molecule has 0 fully saturated rings. The highest BCUT2D eigenvalue weighted by molar-refractivity contribution is 7.10. The van der Waals surface area contributed by atoms with Crippen LogP contribution in [0, 0.1) is 13.8 Å². The van der Waals surface area contributed by atoms with Gasteiger partial charge in [-0.15, -0.1) is 11.3 Å². The van der Waals surface area contributed by atoms with Crippen LogP contribution in [0.4, 0.5) is 5.69 Å². The van der Waals surface area contributed by atoms with Gasteiger partial charge in [0.05, 0.1) is 6.54 Å². The number of anilines is 1. The van der Waals surface area contributed by atoms with Gasteiger partial charge in [0.25, 0.3) is 0 Å². The lowest BCUT2D eigenvalue weighted by atomic mass is 10.1. The molecule has 122 valence electrons. The van der Waals surface area contributed by atoms with Gasteiger partial charge < -0.3 is 15.7 Å². The molecule has 1 aromatic carbocycles. The van der Waals surface area contributed by atoms with Gasteiger partial charge in [-0.25, -0.2) is 0 Å². The summed E-state index contributed by atoms with van der Waals surface area (Å²) >= 11 is 1.39. The van der Waals surface area contributed by atoms with Crippen LogP contribution in [-0.4, -0.2) is 23.5 Å². The summed E-state index contributed by atoms with van der Waals surface area (Å²) < 4.78 is 0. The average Bonchev–Trinajstić information content (AvgIpc) is 3.04. The van der Waals surface area contributed by atoms with Crippen LogP contribution in [0.15, 0.2) is 35.7 Å². The van der Waals surface area contributed by atoms with E-state index in [1.165, 1.54) is 11.3 Å². The SMILES string of the molecule is Cc1ccc(NC(=O)C(=O)NCC(C)(O)c2cccs2)cc1C. The van der Waals surface area contributed by atoms with Gasteiger partial charge in [-0.05, 0) is 55.5 Å². The predicted molar refractivity (Wildman–Crippen MR) is 91.4 cm³/mol. The van der Waals surface area contributed by atoms with Gasteiger partial charge in [-0.1, -0.05) is 12.1 Å². The summed E-state index contributed by atoms with van der Waals surface area (Å²) in [4.78, 5) is 24.5. The molecule has 5 nitrogen and oxygen atoms in total. The molecule has 2 aromatic rings. The van der Waals surface area contributed by atoms with E-state index in [1.807, 2.05) is 37.4 Å². The molecule has 0 saturated heterocycles. The number of rotatable bonds is 4. The van der Waals surface area contributed by atoms with Crippen molar-refractivity contribution in [3.8, 4) is 0 Å². The fraction of sp³-hybridized carbons (Fsp3) is 0.294. The number of benzene rings is 1. The largest absolute Gasteiger partial charge is 0.383 e. The summed E-state index contributed by atoms with van der Waals surface area (Å²) in [5.74, 6) is -1.53. The first-order valence-electron chi connectivity index (χ1n) is 7.22. The lowest BCUT2D eigenvalue weighted by Crippen LogP contribution is -2.42. The highest BCUT2D eigenvalue weighted by Crippen LogP contribution is 2.24. The zero-order valence-corrected chi connectivity index (χ0v) is 14.2. The van der Waals surface area contributed by atoms with Gasteiger partial charge in [-0.2, -0.15) is 0 Å². The number of hydrogen-bond donors (Lipinski definition) is 3. The van der Waals surface area contributed by atoms with Crippen LogP contribution in [-0.2, 0) is 15.2 Å². The number of hydrogen-bond acceptors (Lipinski definition) is 4. The average molecular weight is 332 g/mol. The summed E-state index contributed by atoms with van der Waals surface area (Å²) in [6.45, 7) is 5.47. The van der Waals surface area contributed by atoms with Gasteiger partial charge in [0, 0.05) is 10.6 Å². The molecule has 0 aliphatic rings. The Kier molecular flexibility index (Phi) is 5.18. The standard InChI is InChI=1S/C17H20N2O3S/c1-11-6-7-13(9-12(11)2)19-16(21)15(20)18-10-17(3,22)14-5-4-8-23-14/h4-9,22H,10H2,1-3H3,(H,18,20)(H,19,21). The van der Waals surface area contributed by atoms with E-state index in [1.54, 1.807) is 19.1 Å². The first kappa shape index (κ1) is 17.2. The number of amides is 2. The molecule has 1 aromatic heterocycles. The van der Waals surface area contributed by atoms with Crippen molar-refractivity contribution in [2.45, 2.75) is 26.4 Å². The van der Waals surface area contributed by atoms with Crippen molar-refractivity contribution < 1.29 is 14.7 Å². The maximum absolute atomic E-state index is 11.9. The Morgan fingerprint density at radius 2 is 1.91 bits per heavy atom. The molecule has 0 aliphatic carbocycles. The van der Waals surface area contributed by atoms with Crippen LogP contribution in [0.5, 0.6) is 0 Å². The molecular weight excluding hydrogens is 312 g/mol. The number of carbonyl (C=O) groups excluding carboxylic acids is 2. The minimum atomic E-state index is -1.20. The second-order valence-corrected chi connectivity index (χ2v) is 6.63. The Balaban J connectivity index is 1.92. The molecule has 6 heteroatoms. The molecule has 0 radical (unpaired) electrons. The monoisotopic (exact) mass is 332 g/mol. The fourth-order valence-corrected chi connectivity index (χ4v) is 2.80. The normalized spacial score (nSPS) is 13.2. The van der Waals surface area contributed by atoms with Crippen molar-refractivity contribution in [3.63, 3.8) is 0 Å². The molecule has 1 unspecified atom stereocenters. The number of carbonyl (C=O) groups is 2. The van der Waals surface area contributed by atoms with E-state index >= 15 is 0 Å². The molecule has 0 saturated carbocycles. The Bertz CT molecular complexity index is 709. The van der Waals surface area contributed by atoms with Crippen molar-refractivity contribution in [1.29, 1.82) is 0 Å². The summed E-state index contributed by atoms with van der Waals surface area (Å²) in [6, 6.07) is 9.04. The van der Waals surface area contributed by atoms with Gasteiger partial charge >= 0.3 is 11.8 Å². The smallest absolute Gasteiger partial charge is 0.313 e. The van der Waals surface area contributed by atoms with E-state index in [0.717, 1.165) is 16.0 Å². The van der Waals surface area contributed by atoms with E-state index in [9.17, 15) is 14.7 Å². The van der Waals surface area contributed by atoms with E-state index in [0.29, 0.717) is 5.69 Å². The first-order valence-corrected chi connectivity index (χ1v) is 8.10. The predicted octanol–water partition coefficient (Wildman–Crippen LogP) is 2.33. The summed E-state index contributed by atoms with van der Waals surface area (Å²) in [5.41, 5.74) is 1.51. The molecule has 1 heterocycles. The zero-order valence-electron chi connectivity index (χ0n) is 13.3.